The number of aromatic nitrogens is 1. The molecule has 0 atom stereocenters. The average molecular weight is 249 g/mol. The number of hydrazine groups is 1. The third-order valence-corrected chi connectivity index (χ3v) is 3.54. The van der Waals surface area contributed by atoms with Crippen LogP contribution in [-0.4, -0.2) is 17.5 Å². The predicted octanol–water partition coefficient (Wildman–Crippen LogP) is 1.14. The van der Waals surface area contributed by atoms with Crippen molar-refractivity contribution in [2.45, 2.75) is 32.1 Å². The molecule has 0 aromatic carbocycles. The van der Waals surface area contributed by atoms with Gasteiger partial charge in [0.25, 0.3) is 0 Å². The number of hydrogen-bond acceptors (Lipinski definition) is 4. The molecule has 98 valence electrons. The van der Waals surface area contributed by atoms with E-state index in [1.54, 1.807) is 6.20 Å². The van der Waals surface area contributed by atoms with Gasteiger partial charge in [0.05, 0.1) is 12.0 Å². The second-order valence-corrected chi connectivity index (χ2v) is 4.88. The molecule has 0 radical (unpaired) electrons. The third-order valence-electron chi connectivity index (χ3n) is 3.54. The first kappa shape index (κ1) is 12.8. The van der Waals surface area contributed by atoms with Crippen LogP contribution in [0.3, 0.4) is 0 Å². The van der Waals surface area contributed by atoms with Crippen LogP contribution in [0.2, 0.25) is 0 Å². The largest absolute Gasteiger partial charge is 0.478 e. The van der Waals surface area contributed by atoms with Crippen LogP contribution in [0.5, 0.6) is 5.88 Å². The number of hydrogen-bond donors (Lipinski definition) is 2. The Kier molecular flexibility index (Phi) is 3.52. The van der Waals surface area contributed by atoms with E-state index in [1.807, 2.05) is 19.1 Å². The number of nitrogens with two attached hydrogens (primary N) is 1. The fourth-order valence-electron chi connectivity index (χ4n) is 2.75. The SMILES string of the molecule is CCOc1cc(C2(C(=O)NN)CC(C)C2)ccn1. The summed E-state index contributed by atoms with van der Waals surface area (Å²) >= 11 is 0. The van der Waals surface area contributed by atoms with E-state index in [2.05, 4.69) is 17.3 Å². The van der Waals surface area contributed by atoms with Gasteiger partial charge in [-0.05, 0) is 37.3 Å². The zero-order chi connectivity index (χ0) is 13.2. The Labute approximate surface area is 107 Å². The summed E-state index contributed by atoms with van der Waals surface area (Å²) in [5, 5.41) is 0. The van der Waals surface area contributed by atoms with Gasteiger partial charge in [-0.3, -0.25) is 10.2 Å². The monoisotopic (exact) mass is 249 g/mol. The van der Waals surface area contributed by atoms with Crippen molar-refractivity contribution >= 4 is 5.91 Å². The predicted molar refractivity (Wildman–Crippen MR) is 67.8 cm³/mol. The van der Waals surface area contributed by atoms with Crippen LogP contribution in [0, 0.1) is 5.92 Å². The Morgan fingerprint density at radius 2 is 2.39 bits per heavy atom. The fourth-order valence-corrected chi connectivity index (χ4v) is 2.75. The second kappa shape index (κ2) is 4.94. The van der Waals surface area contributed by atoms with Gasteiger partial charge in [-0.25, -0.2) is 10.8 Å². The van der Waals surface area contributed by atoms with Gasteiger partial charge in [-0.2, -0.15) is 0 Å². The summed E-state index contributed by atoms with van der Waals surface area (Å²) in [5.41, 5.74) is 2.70. The van der Waals surface area contributed by atoms with E-state index in [0.717, 1.165) is 18.4 Å². The van der Waals surface area contributed by atoms with Crippen molar-refractivity contribution in [2.24, 2.45) is 11.8 Å². The maximum absolute atomic E-state index is 12.0. The summed E-state index contributed by atoms with van der Waals surface area (Å²) in [6, 6.07) is 3.70. The van der Waals surface area contributed by atoms with E-state index in [0.29, 0.717) is 18.4 Å². The molecule has 0 unspecified atom stereocenters. The van der Waals surface area contributed by atoms with E-state index in [-0.39, 0.29) is 5.91 Å². The van der Waals surface area contributed by atoms with Crippen LogP contribution < -0.4 is 16.0 Å². The first-order valence-electron chi connectivity index (χ1n) is 6.22. The maximum Gasteiger partial charge on any atom is 0.244 e. The number of rotatable bonds is 4. The van der Waals surface area contributed by atoms with Crippen LogP contribution >= 0.6 is 0 Å². The molecule has 1 aromatic rings. The minimum absolute atomic E-state index is 0.130. The molecule has 1 aliphatic rings. The second-order valence-electron chi connectivity index (χ2n) is 4.88. The summed E-state index contributed by atoms with van der Waals surface area (Å²) in [4.78, 5) is 16.2. The van der Waals surface area contributed by atoms with Gasteiger partial charge in [0, 0.05) is 12.3 Å². The molecule has 0 saturated heterocycles. The lowest BCUT2D eigenvalue weighted by Gasteiger charge is -2.45. The fraction of sp³-hybridized carbons (Fsp3) is 0.538. The van der Waals surface area contributed by atoms with Crippen molar-refractivity contribution in [3.8, 4) is 5.88 Å². The summed E-state index contributed by atoms with van der Waals surface area (Å²) in [6.45, 7) is 4.60. The minimum Gasteiger partial charge on any atom is -0.478 e. The Balaban J connectivity index is 2.32. The number of carbonyl (C=O) groups is 1. The summed E-state index contributed by atoms with van der Waals surface area (Å²) in [5.74, 6) is 6.26. The molecule has 3 N–H and O–H groups in total. The number of amides is 1. The number of ether oxygens (including phenoxy) is 1. The number of nitrogens with zero attached hydrogens (tertiary/aromatic N) is 1. The van der Waals surface area contributed by atoms with Crippen molar-refractivity contribution in [1.29, 1.82) is 0 Å². The quantitative estimate of drug-likeness (QED) is 0.476. The Hall–Kier alpha value is -1.62. The first-order valence-corrected chi connectivity index (χ1v) is 6.22. The first-order chi connectivity index (χ1) is 8.62. The number of pyridine rings is 1. The van der Waals surface area contributed by atoms with Crippen molar-refractivity contribution in [2.75, 3.05) is 6.61 Å². The summed E-state index contributed by atoms with van der Waals surface area (Å²) in [6.07, 6.45) is 3.30. The highest BCUT2D eigenvalue weighted by atomic mass is 16.5. The average Bonchev–Trinajstić information content (AvgIpc) is 2.34. The van der Waals surface area contributed by atoms with Crippen LogP contribution in [0.1, 0.15) is 32.3 Å². The molecule has 1 fully saturated rings. The van der Waals surface area contributed by atoms with Crippen molar-refractivity contribution in [1.82, 2.24) is 10.4 Å². The molecule has 0 bridgehead atoms. The molecular weight excluding hydrogens is 230 g/mol. The van der Waals surface area contributed by atoms with Crippen LogP contribution in [0.25, 0.3) is 0 Å². The van der Waals surface area contributed by atoms with E-state index >= 15 is 0 Å². The Bertz CT molecular complexity index is 442. The molecule has 1 amide bonds. The highest BCUT2D eigenvalue weighted by Crippen LogP contribution is 2.48. The lowest BCUT2D eigenvalue weighted by Crippen LogP contribution is -2.54. The summed E-state index contributed by atoms with van der Waals surface area (Å²) in [7, 11) is 0. The molecule has 1 aliphatic carbocycles. The van der Waals surface area contributed by atoms with Gasteiger partial charge in [0.1, 0.15) is 0 Å². The Morgan fingerprint density at radius 3 is 2.94 bits per heavy atom. The zero-order valence-corrected chi connectivity index (χ0v) is 10.8. The highest BCUT2D eigenvalue weighted by Gasteiger charge is 2.49. The molecule has 18 heavy (non-hydrogen) atoms. The van der Waals surface area contributed by atoms with Gasteiger partial charge >= 0.3 is 0 Å². The smallest absolute Gasteiger partial charge is 0.244 e. The van der Waals surface area contributed by atoms with Crippen LogP contribution in [0.15, 0.2) is 18.3 Å². The topological polar surface area (TPSA) is 77.2 Å². The zero-order valence-electron chi connectivity index (χ0n) is 10.8. The molecule has 0 aliphatic heterocycles. The van der Waals surface area contributed by atoms with Gasteiger partial charge in [-0.1, -0.05) is 6.92 Å². The van der Waals surface area contributed by atoms with E-state index in [4.69, 9.17) is 10.6 Å². The van der Waals surface area contributed by atoms with Crippen molar-refractivity contribution < 1.29 is 9.53 Å². The molecule has 5 nitrogen and oxygen atoms in total. The molecule has 1 saturated carbocycles. The van der Waals surface area contributed by atoms with Crippen molar-refractivity contribution in [3.05, 3.63) is 23.9 Å². The minimum atomic E-state index is -0.511. The maximum atomic E-state index is 12.0. The molecule has 2 rings (SSSR count). The molecule has 1 heterocycles. The summed E-state index contributed by atoms with van der Waals surface area (Å²) < 4.78 is 5.38. The lowest BCUT2D eigenvalue weighted by molar-refractivity contribution is -0.131. The molecule has 1 aromatic heterocycles. The van der Waals surface area contributed by atoms with Crippen LogP contribution in [-0.2, 0) is 10.2 Å². The Morgan fingerprint density at radius 1 is 1.67 bits per heavy atom. The van der Waals surface area contributed by atoms with Gasteiger partial charge in [0.2, 0.25) is 11.8 Å². The van der Waals surface area contributed by atoms with E-state index in [9.17, 15) is 4.79 Å². The standard InChI is InChI=1S/C13H19N3O2/c1-3-18-11-6-10(4-5-15-11)13(12(17)16-14)7-9(2)8-13/h4-6,9H,3,7-8,14H2,1-2H3,(H,16,17). The van der Waals surface area contributed by atoms with Crippen molar-refractivity contribution in [3.63, 3.8) is 0 Å². The molecular formula is C13H19N3O2. The number of nitrogens with one attached hydrogen (secondary N) is 1. The molecule has 5 heteroatoms. The van der Waals surface area contributed by atoms with E-state index < -0.39 is 5.41 Å². The van der Waals surface area contributed by atoms with E-state index in [1.165, 1.54) is 0 Å². The van der Waals surface area contributed by atoms with Gasteiger partial charge in [0.15, 0.2) is 0 Å². The highest BCUT2D eigenvalue weighted by molar-refractivity contribution is 5.89. The number of carbonyl (C=O) groups excluding carboxylic acids is 1. The van der Waals surface area contributed by atoms with Crippen LogP contribution in [0.4, 0.5) is 0 Å². The lowest BCUT2D eigenvalue weighted by atomic mass is 9.59. The van der Waals surface area contributed by atoms with Gasteiger partial charge < -0.3 is 4.74 Å². The van der Waals surface area contributed by atoms with Gasteiger partial charge in [-0.15, -0.1) is 0 Å². The molecule has 0 spiro atoms. The normalized spacial score (nSPS) is 26.3. The third kappa shape index (κ3) is 2.06.